The second-order valence-electron chi connectivity index (χ2n) is 5.06. The lowest BCUT2D eigenvalue weighted by Crippen LogP contribution is -2.17. The summed E-state index contributed by atoms with van der Waals surface area (Å²) >= 11 is 0. The molecule has 0 bridgehead atoms. The Kier molecular flexibility index (Phi) is 3.31. The van der Waals surface area contributed by atoms with Gasteiger partial charge in [-0.25, -0.2) is 0 Å². The highest BCUT2D eigenvalue weighted by molar-refractivity contribution is 5.19. The van der Waals surface area contributed by atoms with Gasteiger partial charge in [-0.2, -0.15) is 13.2 Å². The first-order chi connectivity index (χ1) is 7.12. The van der Waals surface area contributed by atoms with Gasteiger partial charge < -0.3 is 0 Å². The van der Waals surface area contributed by atoms with Crippen LogP contribution in [0.25, 0.3) is 0 Å². The predicted molar refractivity (Wildman–Crippen MR) is 57.1 cm³/mol. The molecule has 1 rings (SSSR count). The minimum Gasteiger partial charge on any atom is -0.260 e. The van der Waals surface area contributed by atoms with Crippen molar-refractivity contribution in [2.45, 2.75) is 39.8 Å². The number of alkyl halides is 3. The summed E-state index contributed by atoms with van der Waals surface area (Å²) < 4.78 is 36.9. The maximum Gasteiger partial charge on any atom is 0.417 e. The third-order valence-corrected chi connectivity index (χ3v) is 2.86. The van der Waals surface area contributed by atoms with Crippen LogP contribution >= 0.6 is 0 Å². The molecule has 0 fully saturated rings. The first-order valence-corrected chi connectivity index (χ1v) is 5.15. The van der Waals surface area contributed by atoms with Crippen LogP contribution in [0.1, 0.15) is 44.9 Å². The van der Waals surface area contributed by atoms with Crippen LogP contribution in [0.2, 0.25) is 0 Å². The molecular formula is C12H16F3N. The van der Waals surface area contributed by atoms with E-state index in [0.717, 1.165) is 12.3 Å². The third-order valence-electron chi connectivity index (χ3n) is 2.86. The van der Waals surface area contributed by atoms with E-state index in [0.29, 0.717) is 5.69 Å². The van der Waals surface area contributed by atoms with E-state index in [1.54, 1.807) is 0 Å². The molecule has 16 heavy (non-hydrogen) atoms. The van der Waals surface area contributed by atoms with Crippen LogP contribution in [0.3, 0.4) is 0 Å². The number of rotatable bonds is 1. The molecule has 1 nitrogen and oxygen atoms in total. The zero-order chi connectivity index (χ0) is 12.6. The molecule has 0 aliphatic rings. The molecule has 0 radical (unpaired) electrons. The molecule has 1 heterocycles. The van der Waals surface area contributed by atoms with E-state index in [1.807, 2.05) is 27.7 Å². The highest BCUT2D eigenvalue weighted by Crippen LogP contribution is 2.34. The summed E-state index contributed by atoms with van der Waals surface area (Å²) in [4.78, 5) is 3.89. The van der Waals surface area contributed by atoms with Crippen molar-refractivity contribution < 1.29 is 13.2 Å². The fraction of sp³-hybridized carbons (Fsp3) is 0.583. The molecule has 0 saturated heterocycles. The summed E-state index contributed by atoms with van der Waals surface area (Å²) in [5, 5.41) is 0. The maximum atomic E-state index is 12.3. The monoisotopic (exact) mass is 231 g/mol. The van der Waals surface area contributed by atoms with Crippen LogP contribution in [0.15, 0.2) is 18.3 Å². The van der Waals surface area contributed by atoms with Crippen molar-refractivity contribution in [3.05, 3.63) is 29.6 Å². The molecular weight excluding hydrogens is 215 g/mol. The van der Waals surface area contributed by atoms with Crippen molar-refractivity contribution >= 4 is 0 Å². The molecule has 1 aromatic rings. The van der Waals surface area contributed by atoms with Crippen molar-refractivity contribution in [3.8, 4) is 0 Å². The standard InChI is InChI=1S/C12H16F3N/c1-8(11(2,3)4)10-6-5-9(7-16-10)12(13,14)15/h5-8H,1-4H3. The summed E-state index contributed by atoms with van der Waals surface area (Å²) in [6, 6.07) is 2.54. The Morgan fingerprint density at radius 2 is 1.69 bits per heavy atom. The molecule has 0 N–H and O–H groups in total. The average molecular weight is 231 g/mol. The van der Waals surface area contributed by atoms with Crippen LogP contribution in [0.5, 0.6) is 0 Å². The number of hydrogen-bond acceptors (Lipinski definition) is 1. The van der Waals surface area contributed by atoms with Crippen molar-refractivity contribution in [3.63, 3.8) is 0 Å². The lowest BCUT2D eigenvalue weighted by molar-refractivity contribution is -0.137. The Hall–Kier alpha value is -1.06. The molecule has 1 aromatic heterocycles. The molecule has 0 aliphatic heterocycles. The maximum absolute atomic E-state index is 12.3. The summed E-state index contributed by atoms with van der Waals surface area (Å²) in [5.74, 6) is 0.120. The van der Waals surface area contributed by atoms with E-state index in [2.05, 4.69) is 4.98 Å². The second kappa shape index (κ2) is 4.07. The smallest absolute Gasteiger partial charge is 0.260 e. The number of aromatic nitrogens is 1. The van der Waals surface area contributed by atoms with Crippen molar-refractivity contribution in [1.29, 1.82) is 0 Å². The lowest BCUT2D eigenvalue weighted by Gasteiger charge is -2.26. The molecule has 4 heteroatoms. The highest BCUT2D eigenvalue weighted by atomic mass is 19.4. The van der Waals surface area contributed by atoms with Gasteiger partial charge in [0, 0.05) is 17.8 Å². The lowest BCUT2D eigenvalue weighted by atomic mass is 9.80. The van der Waals surface area contributed by atoms with Gasteiger partial charge in [0.1, 0.15) is 0 Å². The van der Waals surface area contributed by atoms with E-state index >= 15 is 0 Å². The second-order valence-corrected chi connectivity index (χ2v) is 5.06. The van der Waals surface area contributed by atoms with Crippen LogP contribution in [0.4, 0.5) is 13.2 Å². The first kappa shape index (κ1) is 13.0. The van der Waals surface area contributed by atoms with Crippen molar-refractivity contribution in [2.24, 2.45) is 5.41 Å². The average Bonchev–Trinajstić information content (AvgIpc) is 2.14. The van der Waals surface area contributed by atoms with Crippen LogP contribution in [0, 0.1) is 5.41 Å². The Labute approximate surface area is 93.7 Å². The molecule has 90 valence electrons. The van der Waals surface area contributed by atoms with Gasteiger partial charge in [-0.05, 0) is 17.5 Å². The van der Waals surface area contributed by atoms with Gasteiger partial charge in [-0.1, -0.05) is 27.7 Å². The number of hydrogen-bond donors (Lipinski definition) is 0. The normalized spacial score (nSPS) is 14.9. The van der Waals surface area contributed by atoms with Crippen LogP contribution < -0.4 is 0 Å². The topological polar surface area (TPSA) is 12.9 Å². The molecule has 0 saturated carbocycles. The summed E-state index contributed by atoms with van der Waals surface area (Å²) in [5.41, 5.74) is -0.00918. The third kappa shape index (κ3) is 2.97. The van der Waals surface area contributed by atoms with Gasteiger partial charge in [-0.15, -0.1) is 0 Å². The predicted octanol–water partition coefficient (Wildman–Crippen LogP) is 4.25. The fourth-order valence-corrected chi connectivity index (χ4v) is 1.27. The molecule has 1 unspecified atom stereocenters. The van der Waals surface area contributed by atoms with Crippen molar-refractivity contribution in [2.75, 3.05) is 0 Å². The number of nitrogens with zero attached hydrogens (tertiary/aromatic N) is 1. The Balaban J connectivity index is 2.96. The van der Waals surface area contributed by atoms with E-state index in [9.17, 15) is 13.2 Å². The molecule has 0 aliphatic carbocycles. The number of pyridine rings is 1. The Morgan fingerprint density at radius 3 is 2.00 bits per heavy atom. The van der Waals surface area contributed by atoms with Crippen molar-refractivity contribution in [1.82, 2.24) is 4.98 Å². The van der Waals surface area contributed by atoms with Crippen LogP contribution in [-0.2, 0) is 6.18 Å². The molecule has 0 aromatic carbocycles. The fourth-order valence-electron chi connectivity index (χ4n) is 1.27. The largest absolute Gasteiger partial charge is 0.417 e. The molecule has 0 amide bonds. The van der Waals surface area contributed by atoms with Gasteiger partial charge in [-0.3, -0.25) is 4.98 Å². The summed E-state index contributed by atoms with van der Waals surface area (Å²) in [6.45, 7) is 8.08. The van der Waals surface area contributed by atoms with E-state index in [4.69, 9.17) is 0 Å². The van der Waals surface area contributed by atoms with E-state index in [-0.39, 0.29) is 11.3 Å². The Bertz CT molecular complexity index is 346. The first-order valence-electron chi connectivity index (χ1n) is 5.15. The van der Waals surface area contributed by atoms with Gasteiger partial charge >= 0.3 is 6.18 Å². The summed E-state index contributed by atoms with van der Waals surface area (Å²) in [6.07, 6.45) is -3.41. The number of halogens is 3. The van der Waals surface area contributed by atoms with Gasteiger partial charge in [0.2, 0.25) is 0 Å². The van der Waals surface area contributed by atoms with Gasteiger partial charge in [0.05, 0.1) is 5.56 Å². The van der Waals surface area contributed by atoms with Crippen LogP contribution in [-0.4, -0.2) is 4.98 Å². The molecule has 0 spiro atoms. The highest BCUT2D eigenvalue weighted by Gasteiger charge is 2.31. The minimum absolute atomic E-state index is 0.00719. The van der Waals surface area contributed by atoms with Gasteiger partial charge in [0.25, 0.3) is 0 Å². The quantitative estimate of drug-likeness (QED) is 0.704. The zero-order valence-electron chi connectivity index (χ0n) is 9.89. The minimum atomic E-state index is -4.31. The summed E-state index contributed by atoms with van der Waals surface area (Å²) in [7, 11) is 0. The van der Waals surface area contributed by atoms with E-state index < -0.39 is 11.7 Å². The zero-order valence-corrected chi connectivity index (χ0v) is 9.89. The van der Waals surface area contributed by atoms with Gasteiger partial charge in [0.15, 0.2) is 0 Å². The van der Waals surface area contributed by atoms with E-state index in [1.165, 1.54) is 6.07 Å². The SMILES string of the molecule is CC(c1ccc(C(F)(F)F)cn1)C(C)(C)C. The Morgan fingerprint density at radius 1 is 1.12 bits per heavy atom. The molecule has 1 atom stereocenters.